The summed E-state index contributed by atoms with van der Waals surface area (Å²) in [7, 11) is -3.27. The molecule has 0 spiro atoms. The lowest BCUT2D eigenvalue weighted by molar-refractivity contribution is 0.409. The van der Waals surface area contributed by atoms with Gasteiger partial charge in [0.15, 0.2) is 0 Å². The molecule has 0 saturated carbocycles. The smallest absolute Gasteiger partial charge is 0.212 e. The molecule has 1 aromatic rings. The van der Waals surface area contributed by atoms with E-state index in [0.717, 1.165) is 12.8 Å². The van der Waals surface area contributed by atoms with Crippen molar-refractivity contribution >= 4 is 21.6 Å². The van der Waals surface area contributed by atoms with Crippen LogP contribution in [0.3, 0.4) is 0 Å². The maximum absolute atomic E-state index is 12.3. The topological polar surface area (TPSA) is 37.4 Å². The summed E-state index contributed by atoms with van der Waals surface area (Å²) in [5, 5.41) is 0.508. The Morgan fingerprint density at radius 3 is 2.17 bits per heavy atom. The quantitative estimate of drug-likeness (QED) is 0.772. The van der Waals surface area contributed by atoms with E-state index in [0.29, 0.717) is 23.7 Å². The van der Waals surface area contributed by atoms with Gasteiger partial charge in [0.1, 0.15) is 0 Å². The minimum Gasteiger partial charge on any atom is -0.212 e. The van der Waals surface area contributed by atoms with Gasteiger partial charge >= 0.3 is 0 Å². The first kappa shape index (κ1) is 15.5. The third-order valence-electron chi connectivity index (χ3n) is 2.64. The summed E-state index contributed by atoms with van der Waals surface area (Å²) in [5.74, 6) is -0.0212. The molecule has 0 N–H and O–H groups in total. The Balaban J connectivity index is 2.89. The normalized spacial score (nSPS) is 12.0. The van der Waals surface area contributed by atoms with Gasteiger partial charge in [0, 0.05) is 18.1 Å². The number of hydrogen-bond donors (Lipinski definition) is 0. The minimum atomic E-state index is -3.27. The molecule has 0 unspecified atom stereocenters. The van der Waals surface area contributed by atoms with Crippen LogP contribution in [0.15, 0.2) is 24.3 Å². The minimum absolute atomic E-state index is 0.0212. The van der Waals surface area contributed by atoms with Gasteiger partial charge < -0.3 is 0 Å². The molecule has 0 aromatic heterocycles. The number of sulfonamides is 1. The van der Waals surface area contributed by atoms with Crippen LogP contribution in [0.1, 0.15) is 32.3 Å². The van der Waals surface area contributed by atoms with Crippen molar-refractivity contribution < 1.29 is 8.42 Å². The lowest BCUT2D eigenvalue weighted by Gasteiger charge is -2.21. The predicted molar refractivity (Wildman–Crippen MR) is 76.2 cm³/mol. The molecule has 0 radical (unpaired) electrons. The second-order valence-electron chi connectivity index (χ2n) is 4.25. The van der Waals surface area contributed by atoms with Crippen molar-refractivity contribution in [2.45, 2.75) is 32.4 Å². The molecule has 18 heavy (non-hydrogen) atoms. The van der Waals surface area contributed by atoms with Crippen LogP contribution in [-0.4, -0.2) is 25.8 Å². The van der Waals surface area contributed by atoms with Crippen LogP contribution in [0.25, 0.3) is 0 Å². The van der Waals surface area contributed by atoms with Gasteiger partial charge in [-0.2, -0.15) is 0 Å². The van der Waals surface area contributed by atoms with E-state index < -0.39 is 10.0 Å². The van der Waals surface area contributed by atoms with Gasteiger partial charge in [-0.1, -0.05) is 43.6 Å². The van der Waals surface area contributed by atoms with Crippen LogP contribution >= 0.6 is 11.6 Å². The Bertz CT molecular complexity index is 468. The third-order valence-corrected chi connectivity index (χ3v) is 4.83. The summed E-state index contributed by atoms with van der Waals surface area (Å²) in [6.07, 6.45) is 1.64. The highest BCUT2D eigenvalue weighted by molar-refractivity contribution is 7.88. The zero-order valence-corrected chi connectivity index (χ0v) is 12.5. The summed E-state index contributed by atoms with van der Waals surface area (Å²) in [6, 6.07) is 7.08. The fraction of sp³-hybridized carbons (Fsp3) is 0.538. The standard InChI is InChI=1S/C13H20ClNO2S/c1-3-9-15(10-4-2)18(16,17)11-12-7-5-6-8-13(12)14/h5-8H,3-4,9-11H2,1-2H3. The summed E-state index contributed by atoms with van der Waals surface area (Å²) in [4.78, 5) is 0. The molecule has 0 heterocycles. The number of rotatable bonds is 7. The molecular weight excluding hydrogens is 270 g/mol. The molecule has 0 saturated heterocycles. The third kappa shape index (κ3) is 4.26. The fourth-order valence-electron chi connectivity index (χ4n) is 1.79. The molecule has 0 amide bonds. The van der Waals surface area contributed by atoms with Crippen molar-refractivity contribution in [3.05, 3.63) is 34.9 Å². The highest BCUT2D eigenvalue weighted by Gasteiger charge is 2.21. The molecule has 0 atom stereocenters. The van der Waals surface area contributed by atoms with E-state index in [9.17, 15) is 8.42 Å². The van der Waals surface area contributed by atoms with E-state index >= 15 is 0 Å². The molecule has 0 aliphatic carbocycles. The molecule has 5 heteroatoms. The molecule has 0 aliphatic heterocycles. The summed E-state index contributed by atoms with van der Waals surface area (Å²) in [6.45, 7) is 5.10. The molecule has 102 valence electrons. The van der Waals surface area contributed by atoms with Crippen LogP contribution in [0.5, 0.6) is 0 Å². The first-order chi connectivity index (χ1) is 8.51. The van der Waals surface area contributed by atoms with Crippen molar-refractivity contribution in [2.75, 3.05) is 13.1 Å². The molecular formula is C13H20ClNO2S. The van der Waals surface area contributed by atoms with Crippen LogP contribution in [-0.2, 0) is 15.8 Å². The lowest BCUT2D eigenvalue weighted by atomic mass is 10.2. The summed E-state index contributed by atoms with van der Waals surface area (Å²) >= 11 is 6.01. The van der Waals surface area contributed by atoms with Crippen LogP contribution < -0.4 is 0 Å². The van der Waals surface area contributed by atoms with E-state index in [1.165, 1.54) is 0 Å². The number of benzene rings is 1. The summed E-state index contributed by atoms with van der Waals surface area (Å²) in [5.41, 5.74) is 0.663. The van der Waals surface area contributed by atoms with E-state index in [2.05, 4.69) is 0 Å². The second kappa shape index (κ2) is 7.12. The molecule has 3 nitrogen and oxygen atoms in total. The lowest BCUT2D eigenvalue weighted by Crippen LogP contribution is -2.33. The van der Waals surface area contributed by atoms with E-state index in [1.807, 2.05) is 13.8 Å². The maximum Gasteiger partial charge on any atom is 0.218 e. The SMILES string of the molecule is CCCN(CCC)S(=O)(=O)Cc1ccccc1Cl. The maximum atomic E-state index is 12.3. The largest absolute Gasteiger partial charge is 0.218 e. The number of nitrogens with zero attached hydrogens (tertiary/aromatic N) is 1. The van der Waals surface area contributed by atoms with Crippen molar-refractivity contribution in [3.8, 4) is 0 Å². The molecule has 1 aromatic carbocycles. The van der Waals surface area contributed by atoms with E-state index in [4.69, 9.17) is 11.6 Å². The molecule has 0 aliphatic rings. The van der Waals surface area contributed by atoms with Gasteiger partial charge in [-0.3, -0.25) is 0 Å². The second-order valence-corrected chi connectivity index (χ2v) is 6.62. The Morgan fingerprint density at radius 2 is 1.67 bits per heavy atom. The molecule has 1 rings (SSSR count). The summed E-state index contributed by atoms with van der Waals surface area (Å²) < 4.78 is 26.2. The molecule has 0 bridgehead atoms. The zero-order chi connectivity index (χ0) is 13.6. The van der Waals surface area contributed by atoms with Crippen molar-refractivity contribution in [3.63, 3.8) is 0 Å². The van der Waals surface area contributed by atoms with Crippen molar-refractivity contribution in [2.24, 2.45) is 0 Å². The van der Waals surface area contributed by atoms with E-state index in [1.54, 1.807) is 28.6 Å². The van der Waals surface area contributed by atoms with Crippen LogP contribution in [0.2, 0.25) is 5.02 Å². The van der Waals surface area contributed by atoms with Crippen molar-refractivity contribution in [1.29, 1.82) is 0 Å². The predicted octanol–water partition coefficient (Wildman–Crippen LogP) is 3.29. The van der Waals surface area contributed by atoms with E-state index in [-0.39, 0.29) is 5.75 Å². The Kier molecular flexibility index (Phi) is 6.12. The fourth-order valence-corrected chi connectivity index (χ4v) is 3.82. The van der Waals surface area contributed by atoms with Crippen LogP contribution in [0.4, 0.5) is 0 Å². The first-order valence-corrected chi connectivity index (χ1v) is 8.21. The monoisotopic (exact) mass is 289 g/mol. The average molecular weight is 290 g/mol. The van der Waals surface area contributed by atoms with Gasteiger partial charge in [0.25, 0.3) is 0 Å². The van der Waals surface area contributed by atoms with Gasteiger partial charge in [-0.25, -0.2) is 12.7 Å². The van der Waals surface area contributed by atoms with Gasteiger partial charge in [-0.05, 0) is 24.5 Å². The first-order valence-electron chi connectivity index (χ1n) is 6.22. The average Bonchev–Trinajstić information content (AvgIpc) is 2.32. The van der Waals surface area contributed by atoms with Gasteiger partial charge in [0.2, 0.25) is 10.0 Å². The molecule has 0 fully saturated rings. The Labute approximate surface area is 115 Å². The zero-order valence-electron chi connectivity index (χ0n) is 10.9. The number of hydrogen-bond acceptors (Lipinski definition) is 2. The Morgan fingerprint density at radius 1 is 1.11 bits per heavy atom. The van der Waals surface area contributed by atoms with Crippen LogP contribution in [0, 0.1) is 0 Å². The van der Waals surface area contributed by atoms with Gasteiger partial charge in [-0.15, -0.1) is 0 Å². The number of halogens is 1. The van der Waals surface area contributed by atoms with Gasteiger partial charge in [0.05, 0.1) is 5.75 Å². The highest BCUT2D eigenvalue weighted by Crippen LogP contribution is 2.19. The highest BCUT2D eigenvalue weighted by atomic mass is 35.5. The van der Waals surface area contributed by atoms with Crippen molar-refractivity contribution in [1.82, 2.24) is 4.31 Å². The Hall–Kier alpha value is -0.580.